The molecule has 0 aliphatic heterocycles. The molecule has 0 bridgehead atoms. The van der Waals surface area contributed by atoms with Crippen LogP contribution in [0.1, 0.15) is 24.2 Å². The second-order valence-electron chi connectivity index (χ2n) is 4.73. The van der Waals surface area contributed by atoms with Gasteiger partial charge in [-0.3, -0.25) is 0 Å². The predicted octanol–water partition coefficient (Wildman–Crippen LogP) is 3.34. The lowest BCUT2D eigenvalue weighted by molar-refractivity contribution is 0.198. The fraction of sp³-hybridized carbons (Fsp3) is 0.294. The van der Waals surface area contributed by atoms with Crippen molar-refractivity contribution in [2.24, 2.45) is 0 Å². The van der Waals surface area contributed by atoms with Gasteiger partial charge in [0.2, 0.25) is 0 Å². The predicted molar refractivity (Wildman–Crippen MR) is 81.0 cm³/mol. The Hall–Kier alpha value is -2.20. The summed E-state index contributed by atoms with van der Waals surface area (Å²) in [5, 5.41) is 9.59. The second kappa shape index (κ2) is 6.99. The van der Waals surface area contributed by atoms with E-state index in [0.717, 1.165) is 16.9 Å². The van der Waals surface area contributed by atoms with E-state index in [1.165, 1.54) is 0 Å². The van der Waals surface area contributed by atoms with E-state index < -0.39 is 6.10 Å². The van der Waals surface area contributed by atoms with E-state index in [9.17, 15) is 5.11 Å². The highest BCUT2D eigenvalue weighted by atomic mass is 16.5. The van der Waals surface area contributed by atoms with E-state index in [1.807, 2.05) is 30.3 Å². The van der Waals surface area contributed by atoms with Gasteiger partial charge in [0.1, 0.15) is 12.4 Å². The summed E-state index contributed by atoms with van der Waals surface area (Å²) in [4.78, 5) is 0. The number of hydrogen-bond donors (Lipinski definition) is 1. The van der Waals surface area contributed by atoms with Crippen LogP contribution in [-0.2, 0) is 6.61 Å². The zero-order valence-electron chi connectivity index (χ0n) is 12.5. The van der Waals surface area contributed by atoms with Crippen molar-refractivity contribution in [2.45, 2.75) is 19.6 Å². The van der Waals surface area contributed by atoms with Gasteiger partial charge < -0.3 is 19.3 Å². The third-order valence-corrected chi connectivity index (χ3v) is 3.20. The van der Waals surface area contributed by atoms with E-state index >= 15 is 0 Å². The van der Waals surface area contributed by atoms with Crippen LogP contribution in [0.5, 0.6) is 17.2 Å². The minimum absolute atomic E-state index is 0.418. The molecular formula is C17H20O4. The van der Waals surface area contributed by atoms with E-state index in [0.29, 0.717) is 18.1 Å². The van der Waals surface area contributed by atoms with Crippen LogP contribution in [0.3, 0.4) is 0 Å². The number of ether oxygens (including phenoxy) is 3. The van der Waals surface area contributed by atoms with Gasteiger partial charge in [-0.15, -0.1) is 0 Å². The maximum atomic E-state index is 9.59. The fourth-order valence-electron chi connectivity index (χ4n) is 1.99. The van der Waals surface area contributed by atoms with Crippen LogP contribution >= 0.6 is 0 Å². The van der Waals surface area contributed by atoms with Crippen LogP contribution in [-0.4, -0.2) is 19.3 Å². The molecule has 2 rings (SSSR count). The monoisotopic (exact) mass is 288 g/mol. The second-order valence-corrected chi connectivity index (χ2v) is 4.73. The van der Waals surface area contributed by atoms with Gasteiger partial charge in [-0.25, -0.2) is 0 Å². The summed E-state index contributed by atoms with van der Waals surface area (Å²) in [5.74, 6) is 2.05. The Kier molecular flexibility index (Phi) is 5.06. The molecule has 4 heteroatoms. The minimum atomic E-state index is -0.536. The van der Waals surface area contributed by atoms with Crippen LogP contribution in [0.25, 0.3) is 0 Å². The third kappa shape index (κ3) is 3.89. The van der Waals surface area contributed by atoms with Crippen LogP contribution in [0.15, 0.2) is 42.5 Å². The summed E-state index contributed by atoms with van der Waals surface area (Å²) in [5.41, 5.74) is 1.80. The standard InChI is InChI=1S/C17H20O4/c1-12(18)14-7-8-16(17(10-14)20-3)21-11-13-5-4-6-15(9-13)19-2/h4-10,12,18H,11H2,1-3H3. The van der Waals surface area contributed by atoms with Crippen LogP contribution in [0, 0.1) is 0 Å². The van der Waals surface area contributed by atoms with Gasteiger partial charge >= 0.3 is 0 Å². The maximum Gasteiger partial charge on any atom is 0.161 e. The van der Waals surface area contributed by atoms with Crippen molar-refractivity contribution in [3.8, 4) is 17.2 Å². The van der Waals surface area contributed by atoms with Gasteiger partial charge in [0.15, 0.2) is 11.5 Å². The third-order valence-electron chi connectivity index (χ3n) is 3.20. The molecule has 0 aromatic heterocycles. The number of methoxy groups -OCH3 is 2. The molecule has 2 aromatic rings. The van der Waals surface area contributed by atoms with E-state index in [2.05, 4.69) is 0 Å². The Morgan fingerprint density at radius 3 is 2.48 bits per heavy atom. The highest BCUT2D eigenvalue weighted by molar-refractivity contribution is 5.43. The summed E-state index contributed by atoms with van der Waals surface area (Å²) in [6.45, 7) is 2.13. The molecular weight excluding hydrogens is 268 g/mol. The van der Waals surface area contributed by atoms with Crippen molar-refractivity contribution >= 4 is 0 Å². The normalized spacial score (nSPS) is 11.8. The van der Waals surface area contributed by atoms with Crippen LogP contribution < -0.4 is 14.2 Å². The quantitative estimate of drug-likeness (QED) is 0.885. The van der Waals surface area contributed by atoms with E-state index in [-0.39, 0.29) is 0 Å². The fourth-order valence-corrected chi connectivity index (χ4v) is 1.99. The van der Waals surface area contributed by atoms with Gasteiger partial charge in [-0.2, -0.15) is 0 Å². The maximum absolute atomic E-state index is 9.59. The smallest absolute Gasteiger partial charge is 0.161 e. The number of aliphatic hydroxyl groups is 1. The van der Waals surface area contributed by atoms with Gasteiger partial charge in [-0.1, -0.05) is 18.2 Å². The Balaban J connectivity index is 2.12. The Morgan fingerprint density at radius 1 is 1.00 bits per heavy atom. The van der Waals surface area contributed by atoms with Gasteiger partial charge in [0, 0.05) is 0 Å². The summed E-state index contributed by atoms with van der Waals surface area (Å²) < 4.78 is 16.3. The number of benzene rings is 2. The first-order chi connectivity index (χ1) is 10.1. The largest absolute Gasteiger partial charge is 0.497 e. The number of rotatable bonds is 6. The molecule has 0 amide bonds. The van der Waals surface area contributed by atoms with Gasteiger partial charge in [0.05, 0.1) is 20.3 Å². The van der Waals surface area contributed by atoms with Crippen molar-refractivity contribution in [3.63, 3.8) is 0 Å². The molecule has 4 nitrogen and oxygen atoms in total. The summed E-state index contributed by atoms with van der Waals surface area (Å²) >= 11 is 0. The molecule has 0 saturated carbocycles. The van der Waals surface area contributed by atoms with Gasteiger partial charge in [0.25, 0.3) is 0 Å². The Bertz CT molecular complexity index is 593. The lowest BCUT2D eigenvalue weighted by atomic mass is 10.1. The van der Waals surface area contributed by atoms with Crippen molar-refractivity contribution in [3.05, 3.63) is 53.6 Å². The summed E-state index contributed by atoms with van der Waals surface area (Å²) in [6.07, 6.45) is -0.536. The molecule has 1 N–H and O–H groups in total. The molecule has 0 aliphatic carbocycles. The molecule has 0 radical (unpaired) electrons. The zero-order valence-corrected chi connectivity index (χ0v) is 12.5. The molecule has 0 aliphatic rings. The minimum Gasteiger partial charge on any atom is -0.497 e. The molecule has 112 valence electrons. The lowest BCUT2D eigenvalue weighted by Crippen LogP contribution is -1.99. The first-order valence-corrected chi connectivity index (χ1v) is 6.75. The first-order valence-electron chi connectivity index (χ1n) is 6.75. The highest BCUT2D eigenvalue weighted by Crippen LogP contribution is 2.31. The van der Waals surface area contributed by atoms with Crippen LogP contribution in [0.4, 0.5) is 0 Å². The Morgan fingerprint density at radius 2 is 1.81 bits per heavy atom. The molecule has 0 saturated heterocycles. The topological polar surface area (TPSA) is 47.9 Å². The molecule has 21 heavy (non-hydrogen) atoms. The number of hydrogen-bond acceptors (Lipinski definition) is 4. The van der Waals surface area contributed by atoms with Crippen molar-refractivity contribution in [1.82, 2.24) is 0 Å². The SMILES string of the molecule is COc1cccc(COc2ccc(C(C)O)cc2OC)c1. The molecule has 1 unspecified atom stereocenters. The molecule has 0 fully saturated rings. The first kappa shape index (κ1) is 15.2. The van der Waals surface area contributed by atoms with Crippen molar-refractivity contribution in [2.75, 3.05) is 14.2 Å². The van der Waals surface area contributed by atoms with E-state index in [4.69, 9.17) is 14.2 Å². The zero-order chi connectivity index (χ0) is 15.2. The average Bonchev–Trinajstić information content (AvgIpc) is 2.52. The summed E-state index contributed by atoms with van der Waals surface area (Å²) in [7, 11) is 3.22. The molecule has 0 heterocycles. The van der Waals surface area contributed by atoms with Gasteiger partial charge in [-0.05, 0) is 42.3 Å². The lowest BCUT2D eigenvalue weighted by Gasteiger charge is -2.13. The highest BCUT2D eigenvalue weighted by Gasteiger charge is 2.09. The average molecular weight is 288 g/mol. The van der Waals surface area contributed by atoms with Crippen LogP contribution in [0.2, 0.25) is 0 Å². The number of aliphatic hydroxyl groups excluding tert-OH is 1. The Labute approximate surface area is 124 Å². The molecule has 2 aromatic carbocycles. The summed E-state index contributed by atoms with van der Waals surface area (Å²) in [6, 6.07) is 13.1. The molecule has 1 atom stereocenters. The molecule has 0 spiro atoms. The van der Waals surface area contributed by atoms with Crippen molar-refractivity contribution in [1.29, 1.82) is 0 Å². The van der Waals surface area contributed by atoms with E-state index in [1.54, 1.807) is 33.3 Å². The van der Waals surface area contributed by atoms with Crippen molar-refractivity contribution < 1.29 is 19.3 Å².